The van der Waals surface area contributed by atoms with Gasteiger partial charge in [0.15, 0.2) is 0 Å². The van der Waals surface area contributed by atoms with Crippen molar-refractivity contribution < 1.29 is 9.53 Å². The minimum absolute atomic E-state index is 0.0463. The van der Waals surface area contributed by atoms with Crippen molar-refractivity contribution in [3.8, 4) is 0 Å². The molecule has 0 aliphatic carbocycles. The van der Waals surface area contributed by atoms with Gasteiger partial charge in [0.2, 0.25) is 5.91 Å². The van der Waals surface area contributed by atoms with E-state index in [1.54, 1.807) is 12.4 Å². The van der Waals surface area contributed by atoms with Gasteiger partial charge in [0.05, 0.1) is 12.6 Å². The van der Waals surface area contributed by atoms with Crippen molar-refractivity contribution >= 4 is 5.91 Å². The maximum absolute atomic E-state index is 11.0. The van der Waals surface area contributed by atoms with E-state index in [2.05, 4.69) is 10.3 Å². The molecule has 1 aromatic heterocycles. The molecular formula is C9H10N2O2. The molecule has 4 nitrogen and oxygen atoms in total. The zero-order chi connectivity index (χ0) is 9.10. The average Bonchev–Trinajstić information content (AvgIpc) is 2.19. The molecule has 0 radical (unpaired) electrons. The normalized spacial score (nSPS) is 22.5. The Morgan fingerprint density at radius 2 is 2.54 bits per heavy atom. The van der Waals surface area contributed by atoms with Gasteiger partial charge >= 0.3 is 0 Å². The fraction of sp³-hybridized carbons (Fsp3) is 0.333. The number of aromatic nitrogens is 1. The van der Waals surface area contributed by atoms with Crippen molar-refractivity contribution in [1.29, 1.82) is 0 Å². The molecule has 1 amide bonds. The van der Waals surface area contributed by atoms with Crippen LogP contribution in [0.2, 0.25) is 0 Å². The molecule has 1 aliphatic heterocycles. The summed E-state index contributed by atoms with van der Waals surface area (Å²) in [4.78, 5) is 15.0. The summed E-state index contributed by atoms with van der Waals surface area (Å²) in [6.45, 7) is 0.689. The zero-order valence-electron chi connectivity index (χ0n) is 7.06. The van der Waals surface area contributed by atoms with Crippen LogP contribution in [-0.2, 0) is 9.53 Å². The van der Waals surface area contributed by atoms with E-state index in [-0.39, 0.29) is 18.6 Å². The van der Waals surface area contributed by atoms with Crippen molar-refractivity contribution in [3.05, 3.63) is 30.1 Å². The molecule has 0 unspecified atom stereocenters. The zero-order valence-corrected chi connectivity index (χ0v) is 7.06. The molecule has 1 saturated heterocycles. The van der Waals surface area contributed by atoms with Crippen LogP contribution in [0.5, 0.6) is 0 Å². The Balaban J connectivity index is 2.13. The van der Waals surface area contributed by atoms with Gasteiger partial charge in [-0.2, -0.15) is 0 Å². The molecule has 1 aliphatic rings. The molecule has 68 valence electrons. The van der Waals surface area contributed by atoms with E-state index in [9.17, 15) is 4.79 Å². The molecule has 0 bridgehead atoms. The first kappa shape index (κ1) is 8.19. The van der Waals surface area contributed by atoms with Crippen LogP contribution in [0.15, 0.2) is 24.5 Å². The van der Waals surface area contributed by atoms with Gasteiger partial charge in [-0.3, -0.25) is 9.78 Å². The highest BCUT2D eigenvalue weighted by Gasteiger charge is 2.19. The van der Waals surface area contributed by atoms with Crippen molar-refractivity contribution in [2.75, 3.05) is 13.2 Å². The fourth-order valence-electron chi connectivity index (χ4n) is 1.31. The quantitative estimate of drug-likeness (QED) is 0.671. The highest BCUT2D eigenvalue weighted by molar-refractivity contribution is 5.78. The third kappa shape index (κ3) is 1.84. The van der Waals surface area contributed by atoms with E-state index in [1.807, 2.05) is 12.1 Å². The molecular weight excluding hydrogens is 168 g/mol. The summed E-state index contributed by atoms with van der Waals surface area (Å²) in [5.74, 6) is -0.0693. The maximum Gasteiger partial charge on any atom is 0.246 e. The summed E-state index contributed by atoms with van der Waals surface area (Å²) in [6.07, 6.45) is 3.44. The first-order valence-electron chi connectivity index (χ1n) is 4.13. The number of hydrogen-bond acceptors (Lipinski definition) is 3. The van der Waals surface area contributed by atoms with Gasteiger partial charge in [-0.25, -0.2) is 0 Å². The summed E-state index contributed by atoms with van der Waals surface area (Å²) >= 11 is 0. The number of pyridine rings is 1. The number of ether oxygens (including phenoxy) is 1. The van der Waals surface area contributed by atoms with Crippen molar-refractivity contribution in [3.63, 3.8) is 0 Å². The topological polar surface area (TPSA) is 51.2 Å². The van der Waals surface area contributed by atoms with Crippen LogP contribution in [0, 0.1) is 0 Å². The molecule has 4 heteroatoms. The highest BCUT2D eigenvalue weighted by Crippen LogP contribution is 2.13. The number of morpholine rings is 1. The second-order valence-corrected chi connectivity index (χ2v) is 2.92. The number of hydrogen-bond donors (Lipinski definition) is 1. The number of nitrogens with zero attached hydrogens (tertiary/aromatic N) is 1. The van der Waals surface area contributed by atoms with E-state index in [1.165, 1.54) is 0 Å². The fourth-order valence-corrected chi connectivity index (χ4v) is 1.31. The molecule has 0 saturated carbocycles. The van der Waals surface area contributed by atoms with Gasteiger partial charge < -0.3 is 10.1 Å². The van der Waals surface area contributed by atoms with Crippen molar-refractivity contribution in [1.82, 2.24) is 10.3 Å². The largest absolute Gasteiger partial charge is 0.369 e. The minimum Gasteiger partial charge on any atom is -0.369 e. The van der Waals surface area contributed by atoms with Crippen molar-refractivity contribution in [2.45, 2.75) is 6.04 Å². The Kier molecular flexibility index (Phi) is 2.23. The van der Waals surface area contributed by atoms with Gasteiger partial charge in [-0.05, 0) is 11.6 Å². The van der Waals surface area contributed by atoms with Crippen molar-refractivity contribution in [2.24, 2.45) is 0 Å². The molecule has 0 aromatic carbocycles. The summed E-state index contributed by atoms with van der Waals surface area (Å²) in [7, 11) is 0. The van der Waals surface area contributed by atoms with E-state index in [0.29, 0.717) is 6.61 Å². The van der Waals surface area contributed by atoms with Crippen LogP contribution < -0.4 is 5.32 Å². The summed E-state index contributed by atoms with van der Waals surface area (Å²) in [6, 6.07) is 3.72. The lowest BCUT2D eigenvalue weighted by Gasteiger charge is -2.23. The number of rotatable bonds is 1. The lowest BCUT2D eigenvalue weighted by atomic mass is 10.1. The first-order chi connectivity index (χ1) is 6.36. The lowest BCUT2D eigenvalue weighted by Crippen LogP contribution is -2.39. The van der Waals surface area contributed by atoms with Crippen LogP contribution in [0.3, 0.4) is 0 Å². The maximum atomic E-state index is 11.0. The predicted molar refractivity (Wildman–Crippen MR) is 45.9 cm³/mol. The molecule has 13 heavy (non-hydrogen) atoms. The standard InChI is InChI=1S/C9H10N2O2/c12-9-6-13-5-8(11-9)7-2-1-3-10-4-7/h1-4,8H,5-6H2,(H,11,12)/t8-/m0/s1. The van der Waals surface area contributed by atoms with E-state index >= 15 is 0 Å². The first-order valence-corrected chi connectivity index (χ1v) is 4.13. The SMILES string of the molecule is O=C1COC[C@@H](c2cccnc2)N1. The number of carbonyl (C=O) groups excluding carboxylic acids is 1. The molecule has 1 aromatic rings. The van der Waals surface area contributed by atoms with Gasteiger partial charge in [0, 0.05) is 12.4 Å². The molecule has 1 fully saturated rings. The lowest BCUT2D eigenvalue weighted by molar-refractivity contribution is -0.131. The number of nitrogens with one attached hydrogen (secondary N) is 1. The van der Waals surface area contributed by atoms with Crippen LogP contribution in [-0.4, -0.2) is 24.1 Å². The van der Waals surface area contributed by atoms with E-state index in [4.69, 9.17) is 4.74 Å². The Morgan fingerprint density at radius 1 is 1.62 bits per heavy atom. The van der Waals surface area contributed by atoms with E-state index < -0.39 is 0 Å². The molecule has 2 rings (SSSR count). The second-order valence-electron chi connectivity index (χ2n) is 2.92. The molecule has 1 N–H and O–H groups in total. The number of amides is 1. The van der Waals surface area contributed by atoms with Crippen LogP contribution in [0.1, 0.15) is 11.6 Å². The third-order valence-electron chi connectivity index (χ3n) is 1.94. The second kappa shape index (κ2) is 3.53. The average molecular weight is 178 g/mol. The summed E-state index contributed by atoms with van der Waals surface area (Å²) in [5.41, 5.74) is 0.982. The van der Waals surface area contributed by atoms with Crippen LogP contribution in [0.4, 0.5) is 0 Å². The van der Waals surface area contributed by atoms with Gasteiger partial charge in [0.1, 0.15) is 6.61 Å². The molecule has 2 heterocycles. The smallest absolute Gasteiger partial charge is 0.246 e. The number of carbonyl (C=O) groups is 1. The highest BCUT2D eigenvalue weighted by atomic mass is 16.5. The van der Waals surface area contributed by atoms with Gasteiger partial charge in [-0.1, -0.05) is 6.07 Å². The Hall–Kier alpha value is -1.42. The minimum atomic E-state index is -0.0693. The monoisotopic (exact) mass is 178 g/mol. The van der Waals surface area contributed by atoms with E-state index in [0.717, 1.165) is 5.56 Å². The molecule has 0 spiro atoms. The predicted octanol–water partition coefficient (Wildman–Crippen LogP) is 0.269. The summed E-state index contributed by atoms with van der Waals surface area (Å²) in [5, 5.41) is 2.83. The Labute approximate surface area is 75.9 Å². The molecule has 1 atom stereocenters. The third-order valence-corrected chi connectivity index (χ3v) is 1.94. The van der Waals surface area contributed by atoms with Gasteiger partial charge in [-0.15, -0.1) is 0 Å². The Bertz CT molecular complexity index is 300. The Morgan fingerprint density at radius 3 is 3.23 bits per heavy atom. The van der Waals surface area contributed by atoms with Crippen LogP contribution >= 0.6 is 0 Å². The van der Waals surface area contributed by atoms with Gasteiger partial charge in [0.25, 0.3) is 0 Å². The summed E-state index contributed by atoms with van der Waals surface area (Å²) < 4.78 is 5.11. The van der Waals surface area contributed by atoms with Crippen LogP contribution in [0.25, 0.3) is 0 Å².